The Kier molecular flexibility index (Phi) is 3.89. The van der Waals surface area contributed by atoms with Crippen LogP contribution >= 0.6 is 0 Å². The Morgan fingerprint density at radius 3 is 2.72 bits per heavy atom. The van der Waals surface area contributed by atoms with E-state index in [-0.39, 0.29) is 5.91 Å². The second kappa shape index (κ2) is 5.60. The fraction of sp³-hybridized carbons (Fsp3) is 0.286. The number of nitrogens with zero attached hydrogens (tertiary/aromatic N) is 1. The van der Waals surface area contributed by atoms with Crippen LogP contribution in [0.4, 0.5) is 5.69 Å². The van der Waals surface area contributed by atoms with Crippen molar-refractivity contribution in [3.63, 3.8) is 0 Å². The molecule has 1 aliphatic heterocycles. The molecule has 0 fully saturated rings. The van der Waals surface area contributed by atoms with E-state index in [2.05, 4.69) is 10.3 Å². The maximum absolute atomic E-state index is 12.3. The van der Waals surface area contributed by atoms with Gasteiger partial charge < -0.3 is 11.1 Å². The molecule has 3 N–H and O–H groups in total. The lowest BCUT2D eigenvalue weighted by atomic mass is 9.93. The van der Waals surface area contributed by atoms with Crippen molar-refractivity contribution in [3.8, 4) is 0 Å². The summed E-state index contributed by atoms with van der Waals surface area (Å²) in [6.07, 6.45) is 6.71. The third kappa shape index (κ3) is 2.65. The van der Waals surface area contributed by atoms with Crippen molar-refractivity contribution in [3.05, 3.63) is 42.5 Å². The van der Waals surface area contributed by atoms with Crippen molar-refractivity contribution in [2.75, 3.05) is 11.9 Å². The van der Waals surface area contributed by atoms with Crippen molar-refractivity contribution >= 4 is 17.8 Å². The van der Waals surface area contributed by atoms with Crippen molar-refractivity contribution < 1.29 is 4.79 Å². The maximum atomic E-state index is 12.3. The molecule has 0 radical (unpaired) electrons. The van der Waals surface area contributed by atoms with Crippen LogP contribution in [0.5, 0.6) is 0 Å². The van der Waals surface area contributed by atoms with Crippen molar-refractivity contribution in [1.29, 1.82) is 0 Å². The molecule has 1 amide bonds. The molecule has 1 aliphatic rings. The van der Waals surface area contributed by atoms with Gasteiger partial charge in [-0.2, -0.15) is 0 Å². The summed E-state index contributed by atoms with van der Waals surface area (Å²) in [5, 5.41) is 2.89. The molecule has 18 heavy (non-hydrogen) atoms. The zero-order valence-corrected chi connectivity index (χ0v) is 10.2. The number of para-hydroxylation sites is 1. The minimum absolute atomic E-state index is 0.104. The molecule has 0 bridgehead atoms. The third-order valence-electron chi connectivity index (χ3n) is 2.95. The van der Waals surface area contributed by atoms with Gasteiger partial charge in [-0.15, -0.1) is 0 Å². The first-order chi connectivity index (χ1) is 8.77. The van der Waals surface area contributed by atoms with Crippen LogP contribution in [0.2, 0.25) is 0 Å². The summed E-state index contributed by atoms with van der Waals surface area (Å²) in [5.41, 5.74) is 5.51. The highest BCUT2D eigenvalue weighted by Gasteiger charge is 2.35. The SMILES string of the molecule is NCCCC1(C(=O)Nc2ccccc2)C=CC=N1. The molecule has 4 heteroatoms. The molecule has 0 aliphatic carbocycles. The van der Waals surface area contributed by atoms with Gasteiger partial charge in [-0.05, 0) is 43.7 Å². The summed E-state index contributed by atoms with van der Waals surface area (Å²) in [4.78, 5) is 16.6. The number of rotatable bonds is 5. The normalized spacial score (nSPS) is 21.2. The minimum atomic E-state index is -0.783. The van der Waals surface area contributed by atoms with Crippen LogP contribution in [0.25, 0.3) is 0 Å². The molecular formula is C14H17N3O. The Labute approximate surface area is 107 Å². The van der Waals surface area contributed by atoms with E-state index in [0.29, 0.717) is 13.0 Å². The predicted octanol–water partition coefficient (Wildman–Crippen LogP) is 1.74. The third-order valence-corrected chi connectivity index (χ3v) is 2.95. The smallest absolute Gasteiger partial charge is 0.256 e. The van der Waals surface area contributed by atoms with E-state index >= 15 is 0 Å². The van der Waals surface area contributed by atoms with Crippen LogP contribution in [0.15, 0.2) is 47.5 Å². The lowest BCUT2D eigenvalue weighted by molar-refractivity contribution is -0.119. The number of carbonyl (C=O) groups is 1. The van der Waals surface area contributed by atoms with E-state index < -0.39 is 5.54 Å². The Bertz CT molecular complexity index is 453. The first-order valence-corrected chi connectivity index (χ1v) is 6.06. The molecule has 1 aromatic rings. The molecule has 94 valence electrons. The molecule has 0 spiro atoms. The van der Waals surface area contributed by atoms with Crippen molar-refractivity contribution in [2.45, 2.75) is 18.4 Å². The average Bonchev–Trinajstić information content (AvgIpc) is 2.87. The number of nitrogens with two attached hydrogens (primary N) is 1. The number of amides is 1. The highest BCUT2D eigenvalue weighted by molar-refractivity contribution is 6.02. The van der Waals surface area contributed by atoms with Gasteiger partial charge in [0.2, 0.25) is 0 Å². The van der Waals surface area contributed by atoms with Gasteiger partial charge in [-0.1, -0.05) is 18.2 Å². The highest BCUT2D eigenvalue weighted by atomic mass is 16.2. The average molecular weight is 243 g/mol. The fourth-order valence-electron chi connectivity index (χ4n) is 1.95. The van der Waals surface area contributed by atoms with E-state index in [1.165, 1.54) is 0 Å². The number of hydrogen-bond acceptors (Lipinski definition) is 3. The predicted molar refractivity (Wildman–Crippen MR) is 73.7 cm³/mol. The molecule has 0 aromatic heterocycles. The zero-order valence-electron chi connectivity index (χ0n) is 10.2. The molecule has 1 heterocycles. The summed E-state index contributed by atoms with van der Waals surface area (Å²) in [7, 11) is 0. The molecule has 0 saturated heterocycles. The van der Waals surface area contributed by atoms with Gasteiger partial charge in [0.1, 0.15) is 0 Å². The van der Waals surface area contributed by atoms with Crippen LogP contribution in [-0.2, 0) is 4.79 Å². The summed E-state index contributed by atoms with van der Waals surface area (Å²) >= 11 is 0. The van der Waals surface area contributed by atoms with E-state index in [1.54, 1.807) is 12.3 Å². The molecule has 1 atom stereocenters. The van der Waals surface area contributed by atoms with E-state index in [4.69, 9.17) is 5.73 Å². The van der Waals surface area contributed by atoms with Crippen molar-refractivity contribution in [2.24, 2.45) is 10.7 Å². The van der Waals surface area contributed by atoms with Gasteiger partial charge in [-0.25, -0.2) is 0 Å². The minimum Gasteiger partial charge on any atom is -0.330 e. The largest absolute Gasteiger partial charge is 0.330 e. The van der Waals surface area contributed by atoms with Crippen LogP contribution < -0.4 is 11.1 Å². The maximum Gasteiger partial charge on any atom is 0.256 e. The Balaban J connectivity index is 2.10. The van der Waals surface area contributed by atoms with Crippen LogP contribution in [-0.4, -0.2) is 24.2 Å². The van der Waals surface area contributed by atoms with E-state index in [1.807, 2.05) is 36.4 Å². The number of nitrogens with one attached hydrogen (secondary N) is 1. The summed E-state index contributed by atoms with van der Waals surface area (Å²) in [6, 6.07) is 9.40. The number of hydrogen-bond donors (Lipinski definition) is 2. The molecular weight excluding hydrogens is 226 g/mol. The van der Waals surface area contributed by atoms with Crippen LogP contribution in [0.1, 0.15) is 12.8 Å². The molecule has 1 unspecified atom stereocenters. The van der Waals surface area contributed by atoms with Gasteiger partial charge in [0.05, 0.1) is 0 Å². The second-order valence-corrected chi connectivity index (χ2v) is 4.27. The van der Waals surface area contributed by atoms with Crippen molar-refractivity contribution in [1.82, 2.24) is 0 Å². The van der Waals surface area contributed by atoms with E-state index in [0.717, 1.165) is 12.1 Å². The first-order valence-electron chi connectivity index (χ1n) is 6.06. The molecule has 1 aromatic carbocycles. The van der Waals surface area contributed by atoms with E-state index in [9.17, 15) is 4.79 Å². The first kappa shape index (κ1) is 12.5. The van der Waals surface area contributed by atoms with Gasteiger partial charge >= 0.3 is 0 Å². The number of allylic oxidation sites excluding steroid dienone is 1. The second-order valence-electron chi connectivity index (χ2n) is 4.27. The topological polar surface area (TPSA) is 67.5 Å². The monoisotopic (exact) mass is 243 g/mol. The zero-order chi connectivity index (χ0) is 12.8. The van der Waals surface area contributed by atoms with Crippen LogP contribution in [0, 0.1) is 0 Å². The Hall–Kier alpha value is -1.94. The number of carbonyl (C=O) groups excluding carboxylic acids is 1. The number of aliphatic imine (C=N–C) groups is 1. The van der Waals surface area contributed by atoms with Gasteiger partial charge in [0.15, 0.2) is 5.54 Å². The molecule has 2 rings (SSSR count). The quantitative estimate of drug-likeness (QED) is 0.827. The Morgan fingerprint density at radius 2 is 2.11 bits per heavy atom. The Morgan fingerprint density at radius 1 is 1.33 bits per heavy atom. The fourth-order valence-corrected chi connectivity index (χ4v) is 1.95. The van der Waals surface area contributed by atoms with Gasteiger partial charge in [0.25, 0.3) is 5.91 Å². The van der Waals surface area contributed by atoms with Crippen LogP contribution in [0.3, 0.4) is 0 Å². The summed E-state index contributed by atoms with van der Waals surface area (Å²) in [6.45, 7) is 0.559. The highest BCUT2D eigenvalue weighted by Crippen LogP contribution is 2.25. The number of benzene rings is 1. The van der Waals surface area contributed by atoms with Gasteiger partial charge in [-0.3, -0.25) is 9.79 Å². The number of anilines is 1. The lowest BCUT2D eigenvalue weighted by Crippen LogP contribution is -2.39. The summed E-state index contributed by atoms with van der Waals surface area (Å²) in [5.74, 6) is -0.104. The standard InChI is InChI=1S/C14H17N3O/c15-10-4-8-14(9-5-11-16-14)13(18)17-12-6-2-1-3-7-12/h1-3,5-7,9,11H,4,8,10,15H2,(H,17,18). The molecule has 0 saturated carbocycles. The molecule has 4 nitrogen and oxygen atoms in total. The van der Waals surface area contributed by atoms with Gasteiger partial charge in [0, 0.05) is 11.9 Å². The lowest BCUT2D eigenvalue weighted by Gasteiger charge is -2.23. The summed E-state index contributed by atoms with van der Waals surface area (Å²) < 4.78 is 0.